The van der Waals surface area contributed by atoms with E-state index in [0.29, 0.717) is 29.6 Å². The van der Waals surface area contributed by atoms with E-state index in [2.05, 4.69) is 51.4 Å². The van der Waals surface area contributed by atoms with Crippen LogP contribution in [0.2, 0.25) is 0 Å². The second kappa shape index (κ2) is 9.81. The van der Waals surface area contributed by atoms with Gasteiger partial charge in [0.05, 0.1) is 19.0 Å². The number of halogens is 1. The molecule has 1 saturated carbocycles. The van der Waals surface area contributed by atoms with Crippen LogP contribution in [0.4, 0.5) is 33.3 Å². The van der Waals surface area contributed by atoms with Crippen molar-refractivity contribution in [2.45, 2.75) is 45.1 Å². The van der Waals surface area contributed by atoms with Crippen molar-refractivity contribution in [2.24, 2.45) is 17.8 Å². The van der Waals surface area contributed by atoms with Gasteiger partial charge < -0.3 is 25.2 Å². The number of rotatable bonds is 6. The van der Waals surface area contributed by atoms with Gasteiger partial charge in [0.25, 0.3) is 0 Å². The van der Waals surface area contributed by atoms with Crippen molar-refractivity contribution in [3.8, 4) is 5.88 Å². The van der Waals surface area contributed by atoms with E-state index in [1.807, 2.05) is 31.4 Å². The summed E-state index contributed by atoms with van der Waals surface area (Å²) < 4.78 is 19.0. The molecule has 9 nitrogen and oxygen atoms in total. The summed E-state index contributed by atoms with van der Waals surface area (Å²) in [6.45, 7) is 9.47. The first-order valence-electron chi connectivity index (χ1n) is 13.8. The topological polar surface area (TPSA) is 91.3 Å². The largest absolute Gasteiger partial charge is 0.480 e. The van der Waals surface area contributed by atoms with Gasteiger partial charge in [-0.3, -0.25) is 0 Å². The fourth-order valence-electron chi connectivity index (χ4n) is 6.80. The maximum atomic E-state index is 13.7. The zero-order chi connectivity index (χ0) is 27.3. The van der Waals surface area contributed by atoms with E-state index in [4.69, 9.17) is 14.7 Å². The molecule has 2 bridgehead atoms. The van der Waals surface area contributed by atoms with E-state index >= 15 is 0 Å². The Kier molecular flexibility index (Phi) is 6.43. The van der Waals surface area contributed by atoms with Gasteiger partial charge in [-0.2, -0.15) is 15.1 Å². The highest BCUT2D eigenvalue weighted by atomic mass is 19.1. The molecule has 206 valence electrons. The Labute approximate surface area is 229 Å². The van der Waals surface area contributed by atoms with Gasteiger partial charge in [0.15, 0.2) is 0 Å². The lowest BCUT2D eigenvalue weighted by molar-refractivity contribution is 0.349. The summed E-state index contributed by atoms with van der Waals surface area (Å²) in [5, 5.41) is 15.3. The SMILES string of the molecule is CNc1nc(NC2C3CC(C)C2CN(c2cnnc(OC)c2)C3)nc2c1C(C)(C)CCN2c1ccc(F)cc1. The predicted molar refractivity (Wildman–Crippen MR) is 152 cm³/mol. The van der Waals surface area contributed by atoms with E-state index in [1.54, 1.807) is 7.11 Å². The Hall–Kier alpha value is -3.69. The standard InChI is InChI=1S/C29H37FN8O/c1-17-12-18-15-37(21-13-23(39-5)36-32-14-21)16-22(17)25(18)33-28-34-26(31-4)24-27(35-28)38(11-10-29(24,2)3)20-8-6-19(30)7-9-20/h6-9,13-14,17-18,22,25H,10-12,15-16H2,1-5H3,(H2,31,33,34,35). The third-order valence-corrected chi connectivity index (χ3v) is 8.91. The van der Waals surface area contributed by atoms with Crippen LogP contribution < -0.4 is 25.2 Å². The number of piperidine rings is 1. The molecule has 39 heavy (non-hydrogen) atoms. The minimum Gasteiger partial charge on any atom is -0.480 e. The molecule has 4 heterocycles. The Morgan fingerprint density at radius 1 is 1.10 bits per heavy atom. The highest BCUT2D eigenvalue weighted by molar-refractivity contribution is 5.73. The number of aromatic nitrogens is 4. The van der Waals surface area contributed by atoms with Crippen molar-refractivity contribution in [2.75, 3.05) is 54.2 Å². The zero-order valence-electron chi connectivity index (χ0n) is 23.3. The van der Waals surface area contributed by atoms with Crippen LogP contribution in [0.15, 0.2) is 36.5 Å². The summed E-state index contributed by atoms with van der Waals surface area (Å²) in [5.41, 5.74) is 2.98. The van der Waals surface area contributed by atoms with Crippen LogP contribution in [0.5, 0.6) is 5.88 Å². The number of hydrogen-bond donors (Lipinski definition) is 2. The van der Waals surface area contributed by atoms with E-state index in [1.165, 1.54) is 12.1 Å². The summed E-state index contributed by atoms with van der Waals surface area (Å²) in [6, 6.07) is 8.90. The summed E-state index contributed by atoms with van der Waals surface area (Å²) >= 11 is 0. The van der Waals surface area contributed by atoms with Crippen LogP contribution in [-0.4, -0.2) is 60.0 Å². The summed E-state index contributed by atoms with van der Waals surface area (Å²) in [6.07, 6.45) is 3.90. The van der Waals surface area contributed by atoms with Crippen LogP contribution in [0.1, 0.15) is 39.2 Å². The average Bonchev–Trinajstić information content (AvgIpc) is 3.10. The van der Waals surface area contributed by atoms with Crippen molar-refractivity contribution in [1.29, 1.82) is 0 Å². The molecule has 4 atom stereocenters. The summed E-state index contributed by atoms with van der Waals surface area (Å²) in [4.78, 5) is 14.7. The molecule has 0 amide bonds. The molecule has 2 aliphatic heterocycles. The monoisotopic (exact) mass is 532 g/mol. The zero-order valence-corrected chi connectivity index (χ0v) is 23.3. The van der Waals surface area contributed by atoms with Crippen LogP contribution in [0.25, 0.3) is 0 Å². The van der Waals surface area contributed by atoms with Gasteiger partial charge in [0.2, 0.25) is 11.8 Å². The number of benzene rings is 1. The number of fused-ring (bicyclic) bond motifs is 3. The number of hydrogen-bond acceptors (Lipinski definition) is 9. The Balaban J connectivity index is 1.32. The van der Waals surface area contributed by atoms with Gasteiger partial charge >= 0.3 is 0 Å². The minimum atomic E-state index is -0.241. The van der Waals surface area contributed by atoms with Crippen LogP contribution in [-0.2, 0) is 5.41 Å². The van der Waals surface area contributed by atoms with Crippen LogP contribution in [0, 0.1) is 23.6 Å². The first-order chi connectivity index (χ1) is 18.8. The van der Waals surface area contributed by atoms with E-state index < -0.39 is 0 Å². The van der Waals surface area contributed by atoms with E-state index in [0.717, 1.165) is 61.0 Å². The first-order valence-corrected chi connectivity index (χ1v) is 13.8. The lowest BCUT2D eigenvalue weighted by atomic mass is 9.79. The molecule has 1 saturated heterocycles. The molecule has 2 aromatic heterocycles. The molecule has 10 heteroatoms. The van der Waals surface area contributed by atoms with Crippen molar-refractivity contribution in [1.82, 2.24) is 20.2 Å². The van der Waals surface area contributed by atoms with Crippen LogP contribution in [0.3, 0.4) is 0 Å². The number of nitrogens with one attached hydrogen (secondary N) is 2. The Morgan fingerprint density at radius 3 is 2.62 bits per heavy atom. The van der Waals surface area contributed by atoms with Gasteiger partial charge in [-0.15, -0.1) is 5.10 Å². The maximum absolute atomic E-state index is 13.7. The normalized spacial score (nSPS) is 25.3. The molecule has 1 aromatic carbocycles. The molecule has 1 aliphatic carbocycles. The number of methoxy groups -OCH3 is 1. The lowest BCUT2D eigenvalue weighted by Crippen LogP contribution is -2.49. The molecular weight excluding hydrogens is 495 g/mol. The molecule has 0 radical (unpaired) electrons. The quantitative estimate of drug-likeness (QED) is 0.462. The second-order valence-electron chi connectivity index (χ2n) is 11.8. The van der Waals surface area contributed by atoms with Gasteiger partial charge in [-0.05, 0) is 60.3 Å². The molecule has 0 spiro atoms. The van der Waals surface area contributed by atoms with Gasteiger partial charge in [0, 0.05) is 50.0 Å². The second-order valence-corrected chi connectivity index (χ2v) is 11.8. The fourth-order valence-corrected chi connectivity index (χ4v) is 6.80. The molecule has 4 unspecified atom stereocenters. The summed E-state index contributed by atoms with van der Waals surface area (Å²) in [7, 11) is 3.53. The predicted octanol–water partition coefficient (Wildman–Crippen LogP) is 4.85. The molecular formula is C29H37FN8O. The maximum Gasteiger partial charge on any atom is 0.235 e. The molecule has 3 aliphatic rings. The highest BCUT2D eigenvalue weighted by Gasteiger charge is 2.47. The summed E-state index contributed by atoms with van der Waals surface area (Å²) in [5.74, 6) is 4.10. The molecule has 3 aromatic rings. The minimum absolute atomic E-state index is 0.0960. The fraction of sp³-hybridized carbons (Fsp3) is 0.517. The Morgan fingerprint density at radius 2 is 1.90 bits per heavy atom. The van der Waals surface area contributed by atoms with E-state index in [-0.39, 0.29) is 17.3 Å². The van der Waals surface area contributed by atoms with Crippen molar-refractivity contribution in [3.63, 3.8) is 0 Å². The smallest absolute Gasteiger partial charge is 0.235 e. The van der Waals surface area contributed by atoms with Gasteiger partial charge in [-0.25, -0.2) is 4.39 Å². The molecule has 2 N–H and O–H groups in total. The molecule has 2 fully saturated rings. The third kappa shape index (κ3) is 4.59. The van der Waals surface area contributed by atoms with Crippen LogP contribution >= 0.6 is 0 Å². The van der Waals surface area contributed by atoms with Crippen molar-refractivity contribution in [3.05, 3.63) is 47.9 Å². The van der Waals surface area contributed by atoms with Crippen molar-refractivity contribution < 1.29 is 9.13 Å². The van der Waals surface area contributed by atoms with E-state index in [9.17, 15) is 4.39 Å². The molecule has 6 rings (SSSR count). The number of nitrogens with zero attached hydrogens (tertiary/aromatic N) is 6. The lowest BCUT2D eigenvalue weighted by Gasteiger charge is -2.41. The average molecular weight is 533 g/mol. The van der Waals surface area contributed by atoms with Gasteiger partial charge in [0.1, 0.15) is 17.5 Å². The first kappa shape index (κ1) is 25.6. The number of ether oxygens (including phenoxy) is 1. The highest BCUT2D eigenvalue weighted by Crippen LogP contribution is 2.47. The Bertz CT molecular complexity index is 1350. The number of anilines is 5. The third-order valence-electron chi connectivity index (χ3n) is 8.91. The van der Waals surface area contributed by atoms with Crippen molar-refractivity contribution >= 4 is 29.0 Å². The van der Waals surface area contributed by atoms with Gasteiger partial charge in [-0.1, -0.05) is 20.8 Å².